The van der Waals surface area contributed by atoms with Gasteiger partial charge in [-0.2, -0.15) is 15.1 Å². The Hall–Kier alpha value is -4.37. The van der Waals surface area contributed by atoms with Crippen LogP contribution >= 0.6 is 11.8 Å². The zero-order chi connectivity index (χ0) is 25.8. The van der Waals surface area contributed by atoms with Gasteiger partial charge in [-0.3, -0.25) is 10.2 Å². The first-order valence-corrected chi connectivity index (χ1v) is 12.4. The summed E-state index contributed by atoms with van der Waals surface area (Å²) in [6.45, 7) is 2.73. The van der Waals surface area contributed by atoms with Crippen molar-refractivity contribution in [2.24, 2.45) is 10.1 Å². The van der Waals surface area contributed by atoms with Gasteiger partial charge >= 0.3 is 0 Å². The number of ether oxygens (including phenoxy) is 3. The Morgan fingerprint density at radius 2 is 1.65 bits per heavy atom. The van der Waals surface area contributed by atoms with Gasteiger partial charge in [0, 0.05) is 5.56 Å². The van der Waals surface area contributed by atoms with Gasteiger partial charge in [-0.25, -0.2) is 0 Å². The van der Waals surface area contributed by atoms with E-state index in [-0.39, 0.29) is 11.4 Å². The van der Waals surface area contributed by atoms with E-state index in [2.05, 4.69) is 10.1 Å². The van der Waals surface area contributed by atoms with Crippen LogP contribution in [0.15, 0.2) is 88.5 Å². The fourth-order valence-corrected chi connectivity index (χ4v) is 4.55. The summed E-state index contributed by atoms with van der Waals surface area (Å²) in [5.41, 5.74) is 2.94. The third-order valence-corrected chi connectivity index (χ3v) is 6.56. The molecule has 0 saturated carbocycles. The van der Waals surface area contributed by atoms with E-state index in [1.807, 2.05) is 73.7 Å². The molecule has 3 aromatic rings. The molecular weight excluding hydrogens is 488 g/mol. The number of nitrogens with one attached hydrogen (secondary N) is 1. The number of carbonyl (C=O) groups excluding carboxylic acids is 1. The Labute approximate surface area is 218 Å². The minimum absolute atomic E-state index is 0.0103. The van der Waals surface area contributed by atoms with Crippen molar-refractivity contribution in [1.82, 2.24) is 5.01 Å². The molecule has 9 heteroatoms. The number of benzene rings is 3. The van der Waals surface area contributed by atoms with E-state index >= 15 is 0 Å². The standard InChI is InChI=1S/C28H24N4O4S/c1-18-6-8-20(9-7-18)27-31-32-25(29)24(26(33)30-28(32)37-27)17-19-4-3-5-23(16-19)36-15-14-35-22-12-10-21(34-2)11-13-22/h3-13,16-17,29H,14-15H2,1-2H3/b24-17+,29-25?. The molecule has 0 radical (unpaired) electrons. The van der Waals surface area contributed by atoms with Crippen molar-refractivity contribution < 1.29 is 19.0 Å². The van der Waals surface area contributed by atoms with Crippen molar-refractivity contribution in [1.29, 1.82) is 5.41 Å². The molecule has 0 aromatic heterocycles. The first-order chi connectivity index (χ1) is 18.0. The quantitative estimate of drug-likeness (QED) is 0.332. The van der Waals surface area contributed by atoms with Crippen LogP contribution in [0.3, 0.4) is 0 Å². The number of amides is 1. The highest BCUT2D eigenvalue weighted by Crippen LogP contribution is 2.31. The summed E-state index contributed by atoms with van der Waals surface area (Å²) in [5.74, 6) is 1.64. The Bertz CT molecular complexity index is 1430. The number of aryl methyl sites for hydroxylation is 1. The highest BCUT2D eigenvalue weighted by Gasteiger charge is 2.36. The minimum atomic E-state index is -0.469. The molecule has 3 aromatic carbocycles. The van der Waals surface area contributed by atoms with Crippen molar-refractivity contribution in [2.45, 2.75) is 6.92 Å². The molecule has 0 atom stereocenters. The molecule has 8 nitrogen and oxygen atoms in total. The first kappa shape index (κ1) is 24.3. The second kappa shape index (κ2) is 10.7. The van der Waals surface area contributed by atoms with E-state index in [4.69, 9.17) is 19.6 Å². The fourth-order valence-electron chi connectivity index (χ4n) is 3.66. The second-order valence-electron chi connectivity index (χ2n) is 8.24. The number of nitrogens with zero attached hydrogens (tertiary/aromatic N) is 3. The van der Waals surface area contributed by atoms with E-state index in [0.717, 1.165) is 28.2 Å². The fraction of sp³-hybridized carbons (Fsp3) is 0.143. The van der Waals surface area contributed by atoms with Crippen molar-refractivity contribution in [3.05, 3.63) is 95.1 Å². The van der Waals surface area contributed by atoms with Gasteiger partial charge < -0.3 is 14.2 Å². The van der Waals surface area contributed by atoms with E-state index in [0.29, 0.717) is 29.2 Å². The van der Waals surface area contributed by atoms with E-state index in [1.54, 1.807) is 19.3 Å². The van der Waals surface area contributed by atoms with Gasteiger partial charge in [0.15, 0.2) is 5.84 Å². The molecule has 0 bridgehead atoms. The highest BCUT2D eigenvalue weighted by molar-refractivity contribution is 8.27. The predicted molar refractivity (Wildman–Crippen MR) is 146 cm³/mol. The molecule has 0 spiro atoms. The molecule has 186 valence electrons. The van der Waals surface area contributed by atoms with Gasteiger partial charge in [0.25, 0.3) is 5.91 Å². The average Bonchev–Trinajstić information content (AvgIpc) is 3.34. The summed E-state index contributed by atoms with van der Waals surface area (Å²) < 4.78 is 16.7. The van der Waals surface area contributed by atoms with Crippen LogP contribution in [-0.4, -0.2) is 47.3 Å². The number of hydrogen-bond donors (Lipinski definition) is 1. The summed E-state index contributed by atoms with van der Waals surface area (Å²) in [7, 11) is 1.62. The van der Waals surface area contributed by atoms with Crippen molar-refractivity contribution >= 4 is 39.8 Å². The average molecular weight is 513 g/mol. The van der Waals surface area contributed by atoms with Gasteiger partial charge in [-0.15, -0.1) is 0 Å². The molecule has 1 N–H and O–H groups in total. The summed E-state index contributed by atoms with van der Waals surface area (Å²) in [4.78, 5) is 16.9. The summed E-state index contributed by atoms with van der Waals surface area (Å²) in [6, 6.07) is 22.6. The van der Waals surface area contributed by atoms with Crippen molar-refractivity contribution in [3.8, 4) is 17.2 Å². The summed E-state index contributed by atoms with van der Waals surface area (Å²) in [5, 5.41) is 15.6. The van der Waals surface area contributed by atoms with E-state index < -0.39 is 5.91 Å². The van der Waals surface area contributed by atoms with Gasteiger partial charge in [-0.1, -0.05) is 42.0 Å². The third kappa shape index (κ3) is 5.57. The predicted octanol–water partition coefficient (Wildman–Crippen LogP) is 5.13. The maximum atomic E-state index is 12.8. The molecule has 0 fully saturated rings. The van der Waals surface area contributed by atoms with Crippen LogP contribution in [0.4, 0.5) is 0 Å². The lowest BCUT2D eigenvalue weighted by atomic mass is 10.1. The van der Waals surface area contributed by atoms with E-state index in [9.17, 15) is 4.79 Å². The number of methoxy groups -OCH3 is 1. The number of hydrazone groups is 1. The number of hydrogen-bond acceptors (Lipinski definition) is 7. The van der Waals surface area contributed by atoms with Crippen LogP contribution in [0.25, 0.3) is 6.08 Å². The summed E-state index contributed by atoms with van der Waals surface area (Å²) in [6.07, 6.45) is 1.63. The Morgan fingerprint density at radius 3 is 2.38 bits per heavy atom. The zero-order valence-electron chi connectivity index (χ0n) is 20.3. The van der Waals surface area contributed by atoms with Gasteiger partial charge in [0.05, 0.1) is 12.7 Å². The van der Waals surface area contributed by atoms with Crippen LogP contribution < -0.4 is 14.2 Å². The monoisotopic (exact) mass is 512 g/mol. The van der Waals surface area contributed by atoms with Crippen molar-refractivity contribution in [2.75, 3.05) is 20.3 Å². The zero-order valence-corrected chi connectivity index (χ0v) is 21.1. The Morgan fingerprint density at radius 1 is 0.946 bits per heavy atom. The van der Waals surface area contributed by atoms with Crippen molar-refractivity contribution in [3.63, 3.8) is 0 Å². The Balaban J connectivity index is 1.24. The van der Waals surface area contributed by atoms with Crippen LogP contribution in [0.5, 0.6) is 17.2 Å². The molecule has 0 unspecified atom stereocenters. The molecule has 5 rings (SSSR count). The number of amidine groups is 2. The van der Waals surface area contributed by atoms with Crippen LogP contribution in [0.1, 0.15) is 16.7 Å². The molecule has 37 heavy (non-hydrogen) atoms. The normalized spacial score (nSPS) is 15.8. The number of thioether (sulfide) groups is 1. The minimum Gasteiger partial charge on any atom is -0.497 e. The molecule has 2 aliphatic rings. The Kier molecular flexibility index (Phi) is 7.04. The number of rotatable bonds is 8. The number of aliphatic imine (C=N–C) groups is 1. The maximum Gasteiger partial charge on any atom is 0.283 e. The smallest absolute Gasteiger partial charge is 0.283 e. The molecule has 2 heterocycles. The largest absolute Gasteiger partial charge is 0.497 e. The molecule has 1 amide bonds. The van der Waals surface area contributed by atoms with Crippen LogP contribution in [0.2, 0.25) is 0 Å². The lowest BCUT2D eigenvalue weighted by Gasteiger charge is -2.20. The number of fused-ring (bicyclic) bond motifs is 1. The molecule has 2 aliphatic heterocycles. The molecule has 0 saturated heterocycles. The van der Waals surface area contributed by atoms with Gasteiger partial charge in [0.2, 0.25) is 5.17 Å². The summed E-state index contributed by atoms with van der Waals surface area (Å²) >= 11 is 1.28. The van der Waals surface area contributed by atoms with Crippen LogP contribution in [-0.2, 0) is 4.79 Å². The van der Waals surface area contributed by atoms with Crippen LogP contribution in [0, 0.1) is 12.3 Å². The van der Waals surface area contributed by atoms with Gasteiger partial charge in [-0.05, 0) is 66.7 Å². The highest BCUT2D eigenvalue weighted by atomic mass is 32.2. The lowest BCUT2D eigenvalue weighted by molar-refractivity contribution is -0.114. The second-order valence-corrected chi connectivity index (χ2v) is 9.19. The molecular formula is C28H24N4O4S. The third-order valence-electron chi connectivity index (χ3n) is 5.60. The molecule has 0 aliphatic carbocycles. The number of carbonyl (C=O) groups is 1. The SMILES string of the molecule is COc1ccc(OCCOc2cccc(/C=C3\C(=N)N4N=C(c5ccc(C)cc5)SC4=NC3=O)c2)cc1. The maximum absolute atomic E-state index is 12.8. The van der Waals surface area contributed by atoms with Gasteiger partial charge in [0.1, 0.15) is 35.5 Å². The van der Waals surface area contributed by atoms with E-state index in [1.165, 1.54) is 16.8 Å². The first-order valence-electron chi connectivity index (χ1n) is 11.6. The lowest BCUT2D eigenvalue weighted by Crippen LogP contribution is -2.35. The topological polar surface area (TPSA) is 96.6 Å².